The van der Waals surface area contributed by atoms with Crippen LogP contribution in [0.5, 0.6) is 0 Å². The Kier molecular flexibility index (Phi) is 5.12. The van der Waals surface area contributed by atoms with Gasteiger partial charge in [-0.3, -0.25) is 14.7 Å². The molecule has 13 heavy (non-hydrogen) atoms. The number of nitrogens with one attached hydrogen (secondary N) is 1. The molecule has 0 heterocycles. The standard InChI is InChI=1S/C5H12NO6P/c7-2-1-4(5(8)9)6-3-13(10,11)12/h4,6-7H,1-3H2,(H,8,9)(H2,10,11,12). The van der Waals surface area contributed by atoms with Gasteiger partial charge in [0.15, 0.2) is 0 Å². The SMILES string of the molecule is O=C(O)C(CCO)NCP(=O)(O)O. The van der Waals surface area contributed by atoms with E-state index in [4.69, 9.17) is 20.0 Å². The summed E-state index contributed by atoms with van der Waals surface area (Å²) in [5.74, 6) is -1.25. The number of aliphatic hydroxyl groups is 1. The van der Waals surface area contributed by atoms with Gasteiger partial charge < -0.3 is 20.0 Å². The summed E-state index contributed by atoms with van der Waals surface area (Å²) in [6.45, 7) is -0.356. The molecule has 0 amide bonds. The molecule has 0 radical (unpaired) electrons. The molecule has 8 heteroatoms. The largest absolute Gasteiger partial charge is 0.480 e. The van der Waals surface area contributed by atoms with E-state index in [-0.39, 0.29) is 13.0 Å². The zero-order chi connectivity index (χ0) is 10.5. The van der Waals surface area contributed by atoms with Gasteiger partial charge in [-0.25, -0.2) is 0 Å². The van der Waals surface area contributed by atoms with E-state index in [1.165, 1.54) is 0 Å². The summed E-state index contributed by atoms with van der Waals surface area (Å²) in [5.41, 5.74) is 0. The van der Waals surface area contributed by atoms with E-state index < -0.39 is 25.9 Å². The summed E-state index contributed by atoms with van der Waals surface area (Å²) < 4.78 is 10.3. The van der Waals surface area contributed by atoms with Gasteiger partial charge in [0.1, 0.15) is 6.04 Å². The highest BCUT2D eigenvalue weighted by Crippen LogP contribution is 2.32. The number of hydrogen-bond donors (Lipinski definition) is 5. The maximum atomic E-state index is 10.4. The lowest BCUT2D eigenvalue weighted by atomic mass is 10.2. The Labute approximate surface area is 74.6 Å². The van der Waals surface area contributed by atoms with Crippen LogP contribution in [0, 0.1) is 0 Å². The number of hydrogen-bond acceptors (Lipinski definition) is 4. The third-order valence-electron chi connectivity index (χ3n) is 1.26. The normalized spacial score (nSPS) is 14.1. The molecular weight excluding hydrogens is 201 g/mol. The van der Waals surface area contributed by atoms with Gasteiger partial charge >= 0.3 is 13.6 Å². The van der Waals surface area contributed by atoms with Crippen molar-refractivity contribution < 1.29 is 29.4 Å². The monoisotopic (exact) mass is 213 g/mol. The highest BCUT2D eigenvalue weighted by molar-refractivity contribution is 7.51. The molecule has 0 rings (SSSR count). The topological polar surface area (TPSA) is 127 Å². The number of carboxylic acids is 1. The van der Waals surface area contributed by atoms with Gasteiger partial charge in [-0.15, -0.1) is 0 Å². The van der Waals surface area contributed by atoms with E-state index in [1.807, 2.05) is 0 Å². The number of rotatable bonds is 6. The third-order valence-corrected chi connectivity index (χ3v) is 1.85. The molecule has 0 aliphatic rings. The first kappa shape index (κ1) is 12.5. The second kappa shape index (κ2) is 5.31. The molecule has 0 aromatic heterocycles. The summed E-state index contributed by atoms with van der Waals surface area (Å²) in [6, 6.07) is -1.13. The van der Waals surface area contributed by atoms with Crippen LogP contribution in [0.1, 0.15) is 6.42 Å². The summed E-state index contributed by atoms with van der Waals surface area (Å²) in [5, 5.41) is 19.0. The van der Waals surface area contributed by atoms with Crippen LogP contribution in [-0.2, 0) is 9.36 Å². The fraction of sp³-hybridized carbons (Fsp3) is 0.800. The fourth-order valence-corrected chi connectivity index (χ4v) is 1.13. The minimum absolute atomic E-state index is 0.0880. The van der Waals surface area contributed by atoms with E-state index in [0.717, 1.165) is 0 Å². The predicted octanol–water partition coefficient (Wildman–Crippen LogP) is -1.45. The second-order valence-electron chi connectivity index (χ2n) is 2.43. The molecule has 0 bridgehead atoms. The van der Waals surface area contributed by atoms with E-state index in [0.29, 0.717) is 0 Å². The summed E-state index contributed by atoms with van der Waals surface area (Å²) >= 11 is 0. The van der Waals surface area contributed by atoms with Gasteiger partial charge in [-0.1, -0.05) is 0 Å². The average molecular weight is 213 g/mol. The van der Waals surface area contributed by atoms with Crippen LogP contribution >= 0.6 is 7.60 Å². The molecule has 0 spiro atoms. The Balaban J connectivity index is 3.97. The first-order valence-electron chi connectivity index (χ1n) is 3.48. The van der Waals surface area contributed by atoms with Crippen molar-refractivity contribution in [2.24, 2.45) is 0 Å². The fourth-order valence-electron chi connectivity index (χ4n) is 0.671. The van der Waals surface area contributed by atoms with Crippen molar-refractivity contribution in [2.45, 2.75) is 12.5 Å². The van der Waals surface area contributed by atoms with Crippen molar-refractivity contribution in [1.82, 2.24) is 5.32 Å². The van der Waals surface area contributed by atoms with E-state index in [9.17, 15) is 9.36 Å². The maximum Gasteiger partial charge on any atom is 0.339 e. The highest BCUT2D eigenvalue weighted by atomic mass is 31.2. The van der Waals surface area contributed by atoms with Crippen molar-refractivity contribution in [3.63, 3.8) is 0 Å². The lowest BCUT2D eigenvalue weighted by Crippen LogP contribution is -2.37. The van der Waals surface area contributed by atoms with Gasteiger partial charge in [0.2, 0.25) is 0 Å². The van der Waals surface area contributed by atoms with Gasteiger partial charge in [0.25, 0.3) is 0 Å². The van der Waals surface area contributed by atoms with Gasteiger partial charge in [-0.2, -0.15) is 0 Å². The van der Waals surface area contributed by atoms with E-state index >= 15 is 0 Å². The molecule has 5 N–H and O–H groups in total. The molecule has 0 fully saturated rings. The highest BCUT2D eigenvalue weighted by Gasteiger charge is 2.20. The molecule has 0 saturated carbocycles. The molecule has 78 valence electrons. The quantitative estimate of drug-likeness (QED) is 0.341. The Morgan fingerprint density at radius 2 is 2.00 bits per heavy atom. The summed E-state index contributed by atoms with van der Waals surface area (Å²) in [6.07, 6.45) is -0.792. The number of aliphatic carboxylic acids is 1. The van der Waals surface area contributed by atoms with E-state index in [1.54, 1.807) is 0 Å². The zero-order valence-corrected chi connectivity index (χ0v) is 7.65. The van der Waals surface area contributed by atoms with Crippen LogP contribution in [0.15, 0.2) is 0 Å². The third kappa shape index (κ3) is 6.68. The Hall–Kier alpha value is -0.460. The number of carboxylic acid groups (broad SMARTS) is 1. The van der Waals surface area contributed by atoms with Crippen molar-refractivity contribution in [2.75, 3.05) is 12.9 Å². The Morgan fingerprint density at radius 3 is 2.31 bits per heavy atom. The lowest BCUT2D eigenvalue weighted by molar-refractivity contribution is -0.139. The van der Waals surface area contributed by atoms with Crippen LogP contribution < -0.4 is 5.32 Å². The molecule has 0 aliphatic carbocycles. The summed E-state index contributed by atoms with van der Waals surface area (Å²) in [7, 11) is -4.24. The van der Waals surface area contributed by atoms with Crippen molar-refractivity contribution in [1.29, 1.82) is 0 Å². The first-order chi connectivity index (χ1) is 5.87. The molecule has 0 aromatic carbocycles. The number of aliphatic hydroxyl groups excluding tert-OH is 1. The minimum Gasteiger partial charge on any atom is -0.480 e. The van der Waals surface area contributed by atoms with Crippen LogP contribution in [0.4, 0.5) is 0 Å². The van der Waals surface area contributed by atoms with Gasteiger partial charge in [0.05, 0.1) is 6.29 Å². The number of carbonyl (C=O) groups is 1. The van der Waals surface area contributed by atoms with Crippen LogP contribution in [-0.4, -0.2) is 44.9 Å². The van der Waals surface area contributed by atoms with Crippen LogP contribution in [0.25, 0.3) is 0 Å². The average Bonchev–Trinajstić information content (AvgIpc) is 1.95. The Bertz CT molecular complexity index is 213. The Morgan fingerprint density at radius 1 is 1.46 bits per heavy atom. The smallest absolute Gasteiger partial charge is 0.339 e. The second-order valence-corrected chi connectivity index (χ2v) is 4.08. The molecular formula is C5H12NO6P. The van der Waals surface area contributed by atoms with Crippen LogP contribution in [0.2, 0.25) is 0 Å². The molecule has 0 aromatic rings. The predicted molar refractivity (Wildman–Crippen MR) is 43.2 cm³/mol. The summed E-state index contributed by atoms with van der Waals surface area (Å²) in [4.78, 5) is 27.2. The molecule has 1 atom stereocenters. The zero-order valence-electron chi connectivity index (χ0n) is 6.75. The first-order valence-corrected chi connectivity index (χ1v) is 5.28. The molecule has 0 aliphatic heterocycles. The minimum atomic E-state index is -4.24. The van der Waals surface area contributed by atoms with Crippen LogP contribution in [0.3, 0.4) is 0 Å². The molecule has 0 saturated heterocycles. The molecule has 7 nitrogen and oxygen atoms in total. The van der Waals surface area contributed by atoms with Crippen molar-refractivity contribution in [3.05, 3.63) is 0 Å². The molecule has 1 unspecified atom stereocenters. The van der Waals surface area contributed by atoms with E-state index in [2.05, 4.69) is 5.32 Å². The van der Waals surface area contributed by atoms with Gasteiger partial charge in [0, 0.05) is 6.61 Å². The van der Waals surface area contributed by atoms with Gasteiger partial charge in [-0.05, 0) is 6.42 Å². The lowest BCUT2D eigenvalue weighted by Gasteiger charge is -2.13. The maximum absolute atomic E-state index is 10.4. The van der Waals surface area contributed by atoms with Crippen molar-refractivity contribution >= 4 is 13.6 Å². The van der Waals surface area contributed by atoms with Crippen molar-refractivity contribution in [3.8, 4) is 0 Å².